The highest BCUT2D eigenvalue weighted by Crippen LogP contribution is 2.40. The van der Waals surface area contributed by atoms with Crippen molar-refractivity contribution < 1.29 is 4.79 Å². The van der Waals surface area contributed by atoms with E-state index >= 15 is 0 Å². The van der Waals surface area contributed by atoms with E-state index in [9.17, 15) is 4.79 Å². The third-order valence-electron chi connectivity index (χ3n) is 2.13. The van der Waals surface area contributed by atoms with Crippen LogP contribution in [0.4, 0.5) is 0 Å². The molecule has 1 saturated carbocycles. The second-order valence-electron chi connectivity index (χ2n) is 2.96. The molecule has 0 amide bonds. The fourth-order valence-corrected chi connectivity index (χ4v) is 2.04. The van der Waals surface area contributed by atoms with Gasteiger partial charge in [-0.05, 0) is 0 Å². The minimum Gasteiger partial charge on any atom is -0.300 e. The quantitative estimate of drug-likeness (QED) is 0.650. The summed E-state index contributed by atoms with van der Waals surface area (Å²) in [6, 6.07) is 2.17. The Morgan fingerprint density at radius 1 is 1.67 bits per heavy atom. The molecule has 1 aromatic heterocycles. The summed E-state index contributed by atoms with van der Waals surface area (Å²) in [5.74, 6) is 0.157. The minimum absolute atomic E-state index is 0.157. The molecule has 12 heavy (non-hydrogen) atoms. The lowest BCUT2D eigenvalue weighted by Crippen LogP contribution is -2.40. The van der Waals surface area contributed by atoms with Gasteiger partial charge in [-0.2, -0.15) is 5.26 Å². The van der Waals surface area contributed by atoms with Crippen molar-refractivity contribution in [3.8, 4) is 6.07 Å². The van der Waals surface area contributed by atoms with Gasteiger partial charge in [0, 0.05) is 18.2 Å². The molecule has 0 radical (unpaired) electrons. The second kappa shape index (κ2) is 2.39. The minimum atomic E-state index is -0.586. The van der Waals surface area contributed by atoms with E-state index in [-0.39, 0.29) is 5.78 Å². The van der Waals surface area contributed by atoms with Crippen LogP contribution in [-0.2, 0) is 10.2 Å². The van der Waals surface area contributed by atoms with Gasteiger partial charge in [0.1, 0.15) is 11.2 Å². The van der Waals surface area contributed by atoms with Crippen LogP contribution in [0.2, 0.25) is 0 Å². The van der Waals surface area contributed by atoms with E-state index in [0.717, 1.165) is 5.69 Å². The molecule has 1 aliphatic carbocycles. The molecule has 0 saturated heterocycles. The van der Waals surface area contributed by atoms with Gasteiger partial charge in [-0.25, -0.2) is 4.98 Å². The van der Waals surface area contributed by atoms with Crippen LogP contribution in [0.1, 0.15) is 18.5 Å². The molecule has 0 spiro atoms. The number of aromatic nitrogens is 1. The third kappa shape index (κ3) is 0.868. The second-order valence-corrected chi connectivity index (χ2v) is 3.68. The number of hydrogen-bond donors (Lipinski definition) is 0. The van der Waals surface area contributed by atoms with Crippen LogP contribution in [0.3, 0.4) is 0 Å². The first-order valence-corrected chi connectivity index (χ1v) is 4.53. The van der Waals surface area contributed by atoms with E-state index in [1.165, 1.54) is 11.3 Å². The van der Waals surface area contributed by atoms with Gasteiger partial charge in [-0.3, -0.25) is 4.79 Å². The maximum atomic E-state index is 10.8. The number of ketones is 1. The maximum absolute atomic E-state index is 10.8. The largest absolute Gasteiger partial charge is 0.300 e. The summed E-state index contributed by atoms with van der Waals surface area (Å²) in [5, 5.41) is 10.7. The number of nitrogens with zero attached hydrogens (tertiary/aromatic N) is 2. The molecule has 4 heteroatoms. The zero-order valence-electron chi connectivity index (χ0n) is 6.28. The molecule has 1 heterocycles. The summed E-state index contributed by atoms with van der Waals surface area (Å²) in [5.41, 5.74) is 1.86. The molecule has 0 atom stereocenters. The van der Waals surface area contributed by atoms with Crippen LogP contribution in [0.5, 0.6) is 0 Å². The number of carbonyl (C=O) groups excluding carboxylic acids is 1. The number of nitriles is 1. The molecule has 0 N–H and O–H groups in total. The van der Waals surface area contributed by atoms with Crippen LogP contribution >= 0.6 is 11.3 Å². The van der Waals surface area contributed by atoms with Gasteiger partial charge >= 0.3 is 0 Å². The first-order chi connectivity index (χ1) is 5.77. The Bertz CT molecular complexity index is 342. The Morgan fingerprint density at radius 2 is 2.42 bits per heavy atom. The Balaban J connectivity index is 2.34. The molecule has 2 rings (SSSR count). The summed E-state index contributed by atoms with van der Waals surface area (Å²) < 4.78 is 0. The molecule has 1 aliphatic rings. The normalized spacial score (nSPS) is 19.8. The summed E-state index contributed by atoms with van der Waals surface area (Å²) in [6.07, 6.45) is 0.681. The van der Waals surface area contributed by atoms with Crippen LogP contribution in [0.25, 0.3) is 0 Å². The van der Waals surface area contributed by atoms with Crippen molar-refractivity contribution in [2.75, 3.05) is 0 Å². The number of hydrogen-bond acceptors (Lipinski definition) is 4. The van der Waals surface area contributed by atoms with E-state index in [0.29, 0.717) is 12.8 Å². The first kappa shape index (κ1) is 7.44. The van der Waals surface area contributed by atoms with Crippen LogP contribution < -0.4 is 0 Å². The van der Waals surface area contributed by atoms with E-state index < -0.39 is 5.41 Å². The Labute approximate surface area is 73.7 Å². The van der Waals surface area contributed by atoms with Crippen LogP contribution in [0, 0.1) is 11.3 Å². The number of rotatable bonds is 1. The number of Topliss-reactive ketones (excluding diaryl/α,β-unsaturated/α-hetero) is 1. The van der Waals surface area contributed by atoms with Crippen molar-refractivity contribution in [1.82, 2.24) is 4.98 Å². The van der Waals surface area contributed by atoms with E-state index in [1.807, 2.05) is 5.38 Å². The van der Waals surface area contributed by atoms with Gasteiger partial charge in [-0.1, -0.05) is 0 Å². The van der Waals surface area contributed by atoms with E-state index in [2.05, 4.69) is 11.1 Å². The van der Waals surface area contributed by atoms with Gasteiger partial charge in [0.15, 0.2) is 0 Å². The molecule has 0 bridgehead atoms. The molecule has 0 aromatic carbocycles. The van der Waals surface area contributed by atoms with Crippen molar-refractivity contribution in [3.05, 3.63) is 16.6 Å². The summed E-state index contributed by atoms with van der Waals surface area (Å²) in [6.45, 7) is 0. The lowest BCUT2D eigenvalue weighted by molar-refractivity contribution is -0.126. The smallest absolute Gasteiger partial charge is 0.136 e. The first-order valence-electron chi connectivity index (χ1n) is 3.58. The highest BCUT2D eigenvalue weighted by atomic mass is 32.1. The van der Waals surface area contributed by atoms with E-state index in [4.69, 9.17) is 5.26 Å². The average Bonchev–Trinajstić information content (AvgIpc) is 2.50. The summed E-state index contributed by atoms with van der Waals surface area (Å²) in [7, 11) is 0. The van der Waals surface area contributed by atoms with Gasteiger partial charge < -0.3 is 0 Å². The predicted octanol–water partition coefficient (Wildman–Crippen LogP) is 1.27. The zero-order chi connectivity index (χ0) is 8.60. The molecule has 3 nitrogen and oxygen atoms in total. The SMILES string of the molecule is N#CC1(c2cscn2)CC(=O)C1. The lowest BCUT2D eigenvalue weighted by Gasteiger charge is -2.31. The number of thiazole rings is 1. The third-order valence-corrected chi connectivity index (χ3v) is 2.72. The average molecular weight is 178 g/mol. The van der Waals surface area contributed by atoms with Crippen molar-refractivity contribution >= 4 is 17.1 Å². The Morgan fingerprint density at radius 3 is 2.83 bits per heavy atom. The van der Waals surface area contributed by atoms with Crippen molar-refractivity contribution in [2.45, 2.75) is 18.3 Å². The monoisotopic (exact) mass is 178 g/mol. The maximum Gasteiger partial charge on any atom is 0.136 e. The standard InChI is InChI=1S/C8H6N2OS/c9-4-8(1-6(11)2-8)7-3-12-5-10-7/h3,5H,1-2H2. The predicted molar refractivity (Wildman–Crippen MR) is 43.6 cm³/mol. The molecular weight excluding hydrogens is 172 g/mol. The van der Waals surface area contributed by atoms with Gasteiger partial charge in [0.2, 0.25) is 0 Å². The van der Waals surface area contributed by atoms with E-state index in [1.54, 1.807) is 5.51 Å². The van der Waals surface area contributed by atoms with Crippen LogP contribution in [-0.4, -0.2) is 10.8 Å². The molecule has 60 valence electrons. The topological polar surface area (TPSA) is 53.8 Å². The lowest BCUT2D eigenvalue weighted by atomic mass is 9.67. The zero-order valence-corrected chi connectivity index (χ0v) is 7.10. The van der Waals surface area contributed by atoms with Gasteiger partial charge in [0.25, 0.3) is 0 Å². The molecule has 0 aliphatic heterocycles. The fourth-order valence-electron chi connectivity index (χ4n) is 1.39. The fraction of sp³-hybridized carbons (Fsp3) is 0.375. The van der Waals surface area contributed by atoms with Gasteiger partial charge in [0.05, 0.1) is 17.3 Å². The van der Waals surface area contributed by atoms with Crippen LogP contribution in [0.15, 0.2) is 10.9 Å². The van der Waals surface area contributed by atoms with Crippen molar-refractivity contribution in [1.29, 1.82) is 5.26 Å². The highest BCUT2D eigenvalue weighted by molar-refractivity contribution is 7.07. The van der Waals surface area contributed by atoms with Gasteiger partial charge in [-0.15, -0.1) is 11.3 Å². The highest BCUT2D eigenvalue weighted by Gasteiger charge is 2.46. The molecule has 1 aromatic rings. The molecule has 1 fully saturated rings. The molecular formula is C8H6N2OS. The van der Waals surface area contributed by atoms with Crippen molar-refractivity contribution in [2.24, 2.45) is 0 Å². The summed E-state index contributed by atoms with van der Waals surface area (Å²) in [4.78, 5) is 14.9. The van der Waals surface area contributed by atoms with Crippen molar-refractivity contribution in [3.63, 3.8) is 0 Å². The Hall–Kier alpha value is -1.21. The Kier molecular flexibility index (Phi) is 1.48. The summed E-state index contributed by atoms with van der Waals surface area (Å²) >= 11 is 1.46. The number of carbonyl (C=O) groups is 1. The molecule has 0 unspecified atom stereocenters.